The first-order valence-electron chi connectivity index (χ1n) is 10.7. The van der Waals surface area contributed by atoms with E-state index in [1.54, 1.807) is 12.1 Å². The standard InChI is InChI=1S/C24H25N3O3S/c28-31(29,21-12-11-18-6-1-2-7-19(18)16-21)26-20-13-15-27(17-20)14-5-9-23-22-8-3-4-10-24(22)30-25-23/h1-4,6-8,10-12,16,20,26H,5,9,13-15,17H2/t20-/m0/s1. The Kier molecular flexibility index (Phi) is 5.48. The Bertz CT molecular complexity index is 1320. The molecule has 0 saturated carbocycles. The van der Waals surface area contributed by atoms with Crippen molar-refractivity contribution >= 4 is 31.8 Å². The minimum atomic E-state index is -3.54. The lowest BCUT2D eigenvalue weighted by molar-refractivity contribution is 0.326. The molecule has 1 fully saturated rings. The molecule has 1 aromatic heterocycles. The number of fused-ring (bicyclic) bond motifs is 2. The van der Waals surface area contributed by atoms with Gasteiger partial charge in [0.2, 0.25) is 10.0 Å². The fraction of sp³-hybridized carbons (Fsp3) is 0.292. The smallest absolute Gasteiger partial charge is 0.240 e. The number of hydrogen-bond acceptors (Lipinski definition) is 5. The van der Waals surface area contributed by atoms with Crippen LogP contribution in [0.25, 0.3) is 21.7 Å². The maximum Gasteiger partial charge on any atom is 0.240 e. The molecule has 0 unspecified atom stereocenters. The fourth-order valence-electron chi connectivity index (χ4n) is 4.34. The average Bonchev–Trinajstić information content (AvgIpc) is 3.40. The van der Waals surface area contributed by atoms with E-state index in [2.05, 4.69) is 14.8 Å². The van der Waals surface area contributed by atoms with Crippen LogP contribution in [0.3, 0.4) is 0 Å². The van der Waals surface area contributed by atoms with Crippen molar-refractivity contribution in [1.82, 2.24) is 14.8 Å². The Balaban J connectivity index is 1.16. The van der Waals surface area contributed by atoms with E-state index < -0.39 is 10.0 Å². The van der Waals surface area contributed by atoms with Crippen molar-refractivity contribution in [3.63, 3.8) is 0 Å². The van der Waals surface area contributed by atoms with Crippen molar-refractivity contribution in [2.45, 2.75) is 30.2 Å². The van der Waals surface area contributed by atoms with E-state index in [-0.39, 0.29) is 6.04 Å². The first kappa shape index (κ1) is 20.2. The molecule has 1 saturated heterocycles. The number of aromatic nitrogens is 1. The van der Waals surface area contributed by atoms with Crippen LogP contribution in [-0.4, -0.2) is 44.2 Å². The molecule has 1 aliphatic heterocycles. The Morgan fingerprint density at radius 1 is 1.03 bits per heavy atom. The van der Waals surface area contributed by atoms with Crippen molar-refractivity contribution in [2.24, 2.45) is 0 Å². The van der Waals surface area contributed by atoms with Crippen molar-refractivity contribution in [2.75, 3.05) is 19.6 Å². The van der Waals surface area contributed by atoms with Crippen LogP contribution in [0.15, 0.2) is 76.1 Å². The third kappa shape index (κ3) is 4.35. The number of benzene rings is 3. The second-order valence-electron chi connectivity index (χ2n) is 8.15. The monoisotopic (exact) mass is 435 g/mol. The van der Waals surface area contributed by atoms with Crippen molar-refractivity contribution in [1.29, 1.82) is 0 Å². The second kappa shape index (κ2) is 8.42. The van der Waals surface area contributed by atoms with Gasteiger partial charge in [0.05, 0.1) is 10.6 Å². The minimum Gasteiger partial charge on any atom is -0.356 e. The molecule has 1 atom stereocenters. The number of nitrogens with zero attached hydrogens (tertiary/aromatic N) is 2. The number of sulfonamides is 1. The van der Waals surface area contributed by atoms with Crippen molar-refractivity contribution < 1.29 is 12.9 Å². The number of para-hydroxylation sites is 1. The average molecular weight is 436 g/mol. The van der Waals surface area contributed by atoms with E-state index in [4.69, 9.17) is 4.52 Å². The van der Waals surface area contributed by atoms with E-state index in [9.17, 15) is 8.42 Å². The maximum atomic E-state index is 12.9. The summed E-state index contributed by atoms with van der Waals surface area (Å²) in [5.41, 5.74) is 1.81. The molecule has 1 aliphatic rings. The number of nitrogens with one attached hydrogen (secondary N) is 1. The summed E-state index contributed by atoms with van der Waals surface area (Å²) < 4.78 is 34.0. The Morgan fingerprint density at radius 2 is 1.84 bits per heavy atom. The summed E-state index contributed by atoms with van der Waals surface area (Å²) in [4.78, 5) is 2.64. The largest absolute Gasteiger partial charge is 0.356 e. The summed E-state index contributed by atoms with van der Waals surface area (Å²) >= 11 is 0. The third-order valence-electron chi connectivity index (χ3n) is 5.97. The molecule has 6 nitrogen and oxygen atoms in total. The predicted molar refractivity (Wildman–Crippen MR) is 121 cm³/mol. The summed E-state index contributed by atoms with van der Waals surface area (Å²) in [5.74, 6) is 0. The third-order valence-corrected chi connectivity index (χ3v) is 7.48. The molecular formula is C24H25N3O3S. The summed E-state index contributed by atoms with van der Waals surface area (Å²) in [6.45, 7) is 2.53. The quantitative estimate of drug-likeness (QED) is 0.475. The molecule has 31 heavy (non-hydrogen) atoms. The molecule has 0 amide bonds. The molecule has 3 aromatic carbocycles. The van der Waals surface area contributed by atoms with Crippen LogP contribution in [0.5, 0.6) is 0 Å². The number of rotatable bonds is 7. The molecule has 0 spiro atoms. The van der Waals surface area contributed by atoms with Crippen LogP contribution < -0.4 is 4.72 Å². The van der Waals surface area contributed by atoms with Crippen LogP contribution in [0.2, 0.25) is 0 Å². The Labute approximate surface area is 181 Å². The summed E-state index contributed by atoms with van der Waals surface area (Å²) in [6, 6.07) is 20.9. The number of likely N-dealkylation sites (tertiary alicyclic amines) is 1. The molecule has 160 valence electrons. The Morgan fingerprint density at radius 3 is 2.74 bits per heavy atom. The van der Waals surface area contributed by atoms with Gasteiger partial charge in [-0.3, -0.25) is 0 Å². The normalized spacial score (nSPS) is 17.6. The highest BCUT2D eigenvalue weighted by molar-refractivity contribution is 7.89. The second-order valence-corrected chi connectivity index (χ2v) is 9.86. The van der Waals surface area contributed by atoms with Gasteiger partial charge < -0.3 is 9.42 Å². The van der Waals surface area contributed by atoms with Crippen molar-refractivity contribution in [3.8, 4) is 0 Å². The maximum absolute atomic E-state index is 12.9. The molecule has 0 bridgehead atoms. The summed E-state index contributed by atoms with van der Waals surface area (Å²) in [7, 11) is -3.54. The summed E-state index contributed by atoms with van der Waals surface area (Å²) in [5, 5.41) is 7.23. The highest BCUT2D eigenvalue weighted by atomic mass is 32.2. The Hall–Kier alpha value is -2.74. The number of aryl methyl sites for hydroxylation is 1. The van der Waals surface area contributed by atoms with Gasteiger partial charge in [0.15, 0.2) is 5.58 Å². The molecule has 1 N–H and O–H groups in total. The summed E-state index contributed by atoms with van der Waals surface area (Å²) in [6.07, 6.45) is 2.63. The lowest BCUT2D eigenvalue weighted by Crippen LogP contribution is -2.37. The zero-order valence-corrected chi connectivity index (χ0v) is 18.0. The first-order chi connectivity index (χ1) is 15.1. The van der Waals surface area contributed by atoms with Gasteiger partial charge in [-0.1, -0.05) is 47.6 Å². The molecule has 7 heteroatoms. The molecule has 2 heterocycles. The van der Waals surface area contributed by atoms with Crippen LogP contribution in [0.1, 0.15) is 18.5 Å². The van der Waals surface area contributed by atoms with Gasteiger partial charge in [-0.05, 0) is 67.4 Å². The lowest BCUT2D eigenvalue weighted by atomic mass is 10.1. The van der Waals surface area contributed by atoms with Crippen LogP contribution in [-0.2, 0) is 16.4 Å². The predicted octanol–water partition coefficient (Wildman–Crippen LogP) is 3.97. The van der Waals surface area contributed by atoms with E-state index >= 15 is 0 Å². The molecule has 4 aromatic rings. The first-order valence-corrected chi connectivity index (χ1v) is 12.1. The zero-order chi connectivity index (χ0) is 21.3. The van der Waals surface area contributed by atoms with Crippen molar-refractivity contribution in [3.05, 3.63) is 72.4 Å². The van der Waals surface area contributed by atoms with Crippen LogP contribution >= 0.6 is 0 Å². The zero-order valence-electron chi connectivity index (χ0n) is 17.2. The highest BCUT2D eigenvalue weighted by Gasteiger charge is 2.27. The van der Waals surface area contributed by atoms with Crippen LogP contribution in [0, 0.1) is 0 Å². The van der Waals surface area contributed by atoms with E-state index in [1.165, 1.54) is 0 Å². The van der Waals surface area contributed by atoms with E-state index in [1.807, 2.05) is 54.6 Å². The van der Waals surface area contributed by atoms with Gasteiger partial charge in [0.1, 0.15) is 0 Å². The molecule has 5 rings (SSSR count). The topological polar surface area (TPSA) is 75.4 Å². The van der Waals surface area contributed by atoms with E-state index in [0.717, 1.165) is 66.3 Å². The lowest BCUT2D eigenvalue weighted by Gasteiger charge is -2.16. The van der Waals surface area contributed by atoms with Gasteiger partial charge in [0.25, 0.3) is 0 Å². The number of hydrogen-bond donors (Lipinski definition) is 1. The van der Waals surface area contributed by atoms with Gasteiger partial charge in [-0.15, -0.1) is 0 Å². The van der Waals surface area contributed by atoms with Gasteiger partial charge in [-0.25, -0.2) is 13.1 Å². The van der Waals surface area contributed by atoms with Gasteiger partial charge in [0, 0.05) is 18.0 Å². The van der Waals surface area contributed by atoms with Gasteiger partial charge in [-0.2, -0.15) is 0 Å². The molecule has 0 aliphatic carbocycles. The van der Waals surface area contributed by atoms with Crippen LogP contribution in [0.4, 0.5) is 0 Å². The van der Waals surface area contributed by atoms with Gasteiger partial charge >= 0.3 is 0 Å². The highest BCUT2D eigenvalue weighted by Crippen LogP contribution is 2.21. The minimum absolute atomic E-state index is 0.0654. The molecular weight excluding hydrogens is 410 g/mol. The fourth-order valence-corrected chi connectivity index (χ4v) is 5.64. The SMILES string of the molecule is O=S(=O)(N[C@H]1CCN(CCCc2noc3ccccc23)C1)c1ccc2ccccc2c1. The van der Waals surface area contributed by atoms with E-state index in [0.29, 0.717) is 4.90 Å². The molecule has 0 radical (unpaired) electrons.